The van der Waals surface area contributed by atoms with Gasteiger partial charge < -0.3 is 24.1 Å². The van der Waals surface area contributed by atoms with Crippen LogP contribution in [0.2, 0.25) is 0 Å². The number of esters is 1. The maximum atomic E-state index is 12.8. The van der Waals surface area contributed by atoms with Gasteiger partial charge in [-0.05, 0) is 18.1 Å². The van der Waals surface area contributed by atoms with Crippen LogP contribution in [0.3, 0.4) is 0 Å². The molecule has 0 spiro atoms. The average molecular weight is 446 g/mol. The number of Topliss-reactive ketones (excluding diaryl/α,β-unsaturated/α-hetero) is 1. The van der Waals surface area contributed by atoms with Gasteiger partial charge in [-0.15, -0.1) is 0 Å². The van der Waals surface area contributed by atoms with Gasteiger partial charge in [0.2, 0.25) is 0 Å². The van der Waals surface area contributed by atoms with E-state index in [-0.39, 0.29) is 36.1 Å². The Morgan fingerprint density at radius 2 is 1.75 bits per heavy atom. The first-order valence-corrected chi connectivity index (χ1v) is 10.4. The molecule has 32 heavy (non-hydrogen) atoms. The van der Waals surface area contributed by atoms with Crippen LogP contribution in [0.15, 0.2) is 42.6 Å². The third-order valence-electron chi connectivity index (χ3n) is 4.90. The number of methoxy groups -OCH3 is 2. The van der Waals surface area contributed by atoms with Crippen LogP contribution in [0.5, 0.6) is 17.2 Å². The van der Waals surface area contributed by atoms with Crippen molar-refractivity contribution in [2.45, 2.75) is 39.4 Å². The van der Waals surface area contributed by atoms with E-state index in [2.05, 4.69) is 4.98 Å². The van der Waals surface area contributed by atoms with Crippen LogP contribution in [0.4, 0.5) is 0 Å². The molecule has 1 heterocycles. The van der Waals surface area contributed by atoms with E-state index in [0.717, 1.165) is 0 Å². The molecule has 0 unspecified atom stereocenters. The molecule has 2 rings (SSSR count). The number of hydrogen-bond donors (Lipinski definition) is 1. The molecule has 0 aliphatic heterocycles. The molecule has 3 atom stereocenters. The highest BCUT2D eigenvalue weighted by atomic mass is 16.6. The minimum atomic E-state index is -0.765. The maximum absolute atomic E-state index is 12.8. The zero-order chi connectivity index (χ0) is 23.7. The number of benzene rings is 1. The van der Waals surface area contributed by atoms with E-state index in [9.17, 15) is 14.7 Å². The van der Waals surface area contributed by atoms with Crippen LogP contribution >= 0.6 is 0 Å². The normalized spacial score (nSPS) is 13.8. The number of ether oxygens (including phenoxy) is 4. The Balaban J connectivity index is 2.09. The van der Waals surface area contributed by atoms with Gasteiger partial charge in [0.25, 0.3) is 0 Å². The number of nitrogens with zero attached hydrogens (tertiary/aromatic N) is 1. The minimum absolute atomic E-state index is 0.0259. The SMILES string of the molecule is COC[C@@H](OC(=O)[C@H](C)CC(=O)c1nccc(OC)c1O)[C@H](Oc1ccccc1)C(C)C. The third kappa shape index (κ3) is 6.68. The lowest BCUT2D eigenvalue weighted by Crippen LogP contribution is -2.43. The van der Waals surface area contributed by atoms with Gasteiger partial charge in [0, 0.05) is 25.8 Å². The number of pyridine rings is 1. The predicted octanol–water partition coefficient (Wildman–Crippen LogP) is 3.67. The van der Waals surface area contributed by atoms with Gasteiger partial charge in [-0.25, -0.2) is 4.98 Å². The number of aromatic hydroxyl groups is 1. The van der Waals surface area contributed by atoms with Gasteiger partial charge in [0.05, 0.1) is 19.6 Å². The first-order chi connectivity index (χ1) is 15.3. The second kappa shape index (κ2) is 12.0. The Morgan fingerprint density at radius 1 is 1.06 bits per heavy atom. The van der Waals surface area contributed by atoms with Crippen LogP contribution < -0.4 is 9.47 Å². The number of aromatic nitrogens is 1. The second-order valence-electron chi connectivity index (χ2n) is 7.81. The minimum Gasteiger partial charge on any atom is -0.503 e. The lowest BCUT2D eigenvalue weighted by Gasteiger charge is -2.30. The van der Waals surface area contributed by atoms with Gasteiger partial charge in [0.1, 0.15) is 11.9 Å². The quantitative estimate of drug-likeness (QED) is 0.390. The lowest BCUT2D eigenvalue weighted by atomic mass is 10.00. The monoisotopic (exact) mass is 445 g/mol. The fourth-order valence-electron chi connectivity index (χ4n) is 3.19. The third-order valence-corrected chi connectivity index (χ3v) is 4.90. The van der Waals surface area contributed by atoms with Crippen molar-refractivity contribution in [3.63, 3.8) is 0 Å². The zero-order valence-electron chi connectivity index (χ0n) is 19.1. The molecule has 1 N–H and O–H groups in total. The molecule has 0 bridgehead atoms. The van der Waals surface area contributed by atoms with Crippen molar-refractivity contribution in [3.05, 3.63) is 48.3 Å². The lowest BCUT2D eigenvalue weighted by molar-refractivity contribution is -0.163. The van der Waals surface area contributed by atoms with Gasteiger partial charge in [-0.3, -0.25) is 9.59 Å². The highest BCUT2D eigenvalue weighted by molar-refractivity contribution is 5.99. The Kier molecular flexibility index (Phi) is 9.46. The fourth-order valence-corrected chi connectivity index (χ4v) is 3.19. The van der Waals surface area contributed by atoms with Crippen LogP contribution in [0.1, 0.15) is 37.7 Å². The number of carbonyl (C=O) groups excluding carboxylic acids is 2. The molecule has 0 saturated heterocycles. The largest absolute Gasteiger partial charge is 0.503 e. The Bertz CT molecular complexity index is 885. The average Bonchev–Trinajstić information content (AvgIpc) is 2.77. The van der Waals surface area contributed by atoms with Crippen LogP contribution in [0, 0.1) is 11.8 Å². The van der Waals surface area contributed by atoms with E-state index in [0.29, 0.717) is 5.75 Å². The molecule has 1 aromatic heterocycles. The smallest absolute Gasteiger partial charge is 0.309 e. The molecule has 0 amide bonds. The summed E-state index contributed by atoms with van der Waals surface area (Å²) in [5, 5.41) is 10.1. The molecule has 0 aliphatic rings. The topological polar surface area (TPSA) is 104 Å². The van der Waals surface area contributed by atoms with Gasteiger partial charge in [-0.1, -0.05) is 39.0 Å². The summed E-state index contributed by atoms with van der Waals surface area (Å²) in [5.41, 5.74) is -0.148. The molecular weight excluding hydrogens is 414 g/mol. The molecule has 0 fully saturated rings. The summed E-state index contributed by atoms with van der Waals surface area (Å²) in [5.74, 6) is -1.35. The van der Waals surface area contributed by atoms with Crippen molar-refractivity contribution in [1.29, 1.82) is 0 Å². The first-order valence-electron chi connectivity index (χ1n) is 10.4. The molecule has 0 radical (unpaired) electrons. The molecular formula is C24H31NO7. The van der Waals surface area contributed by atoms with Gasteiger partial charge >= 0.3 is 5.97 Å². The summed E-state index contributed by atoms with van der Waals surface area (Å²) >= 11 is 0. The van der Waals surface area contributed by atoms with Crippen molar-refractivity contribution in [2.75, 3.05) is 20.8 Å². The van der Waals surface area contributed by atoms with Crippen molar-refractivity contribution >= 4 is 11.8 Å². The fraction of sp³-hybridized carbons (Fsp3) is 0.458. The number of ketones is 1. The van der Waals surface area contributed by atoms with E-state index in [1.165, 1.54) is 26.5 Å². The summed E-state index contributed by atoms with van der Waals surface area (Å²) in [6.45, 7) is 5.66. The van der Waals surface area contributed by atoms with Crippen LogP contribution in [0.25, 0.3) is 0 Å². The van der Waals surface area contributed by atoms with Gasteiger partial charge in [-0.2, -0.15) is 0 Å². The molecule has 8 nitrogen and oxygen atoms in total. The van der Waals surface area contributed by atoms with E-state index in [1.807, 2.05) is 44.2 Å². The summed E-state index contributed by atoms with van der Waals surface area (Å²) < 4.78 is 22.1. The summed E-state index contributed by atoms with van der Waals surface area (Å²) in [6, 6.07) is 10.7. The van der Waals surface area contributed by atoms with Crippen molar-refractivity contribution in [1.82, 2.24) is 4.98 Å². The van der Waals surface area contributed by atoms with Crippen LogP contribution in [-0.4, -0.2) is 54.9 Å². The second-order valence-corrected chi connectivity index (χ2v) is 7.81. The molecule has 0 aliphatic carbocycles. The van der Waals surface area contributed by atoms with E-state index in [4.69, 9.17) is 18.9 Å². The van der Waals surface area contributed by atoms with Crippen molar-refractivity contribution in [3.8, 4) is 17.2 Å². The number of carbonyl (C=O) groups is 2. The van der Waals surface area contributed by atoms with Gasteiger partial charge in [0.15, 0.2) is 29.1 Å². The molecule has 0 saturated carbocycles. The number of para-hydroxylation sites is 1. The zero-order valence-corrected chi connectivity index (χ0v) is 19.1. The summed E-state index contributed by atoms with van der Waals surface area (Å²) in [7, 11) is 2.90. The van der Waals surface area contributed by atoms with Crippen molar-refractivity contribution < 1.29 is 33.6 Å². The summed E-state index contributed by atoms with van der Waals surface area (Å²) in [6.07, 6.45) is 0.0530. The Labute approximate surface area is 188 Å². The summed E-state index contributed by atoms with van der Waals surface area (Å²) in [4.78, 5) is 29.3. The van der Waals surface area contributed by atoms with Crippen molar-refractivity contribution in [2.24, 2.45) is 11.8 Å². The van der Waals surface area contributed by atoms with Crippen LogP contribution in [-0.2, 0) is 14.3 Å². The first kappa shape index (κ1) is 25.1. The molecule has 2 aromatic rings. The molecule has 174 valence electrons. The predicted molar refractivity (Wildman–Crippen MR) is 118 cm³/mol. The highest BCUT2D eigenvalue weighted by Gasteiger charge is 2.32. The number of hydrogen-bond acceptors (Lipinski definition) is 8. The Hall–Kier alpha value is -3.13. The maximum Gasteiger partial charge on any atom is 0.309 e. The molecule has 1 aromatic carbocycles. The Morgan fingerprint density at radius 3 is 2.34 bits per heavy atom. The highest BCUT2D eigenvalue weighted by Crippen LogP contribution is 2.29. The standard InChI is InChI=1S/C24H31NO7/c1-15(2)23(31-17-9-7-6-8-10-17)20(14-29-4)32-24(28)16(3)13-18(26)21-22(27)19(30-5)11-12-25-21/h6-12,15-16,20,23,27H,13-14H2,1-5H3/t16-,20-,23-/m1/s1. The number of rotatable bonds is 12. The molecule has 8 heteroatoms. The van der Waals surface area contributed by atoms with E-state index >= 15 is 0 Å². The van der Waals surface area contributed by atoms with E-state index < -0.39 is 29.9 Å². The van der Waals surface area contributed by atoms with E-state index in [1.54, 1.807) is 6.92 Å².